The van der Waals surface area contributed by atoms with Crippen molar-refractivity contribution in [3.05, 3.63) is 76.3 Å². The summed E-state index contributed by atoms with van der Waals surface area (Å²) in [6.07, 6.45) is 2.94. The molecule has 3 rings (SSSR count). The van der Waals surface area contributed by atoms with Crippen LogP contribution in [0.4, 0.5) is 0 Å². The second-order valence-corrected chi connectivity index (χ2v) is 6.83. The van der Waals surface area contributed by atoms with Gasteiger partial charge in [-0.2, -0.15) is 5.26 Å². The van der Waals surface area contributed by atoms with Gasteiger partial charge in [-0.15, -0.1) is 0 Å². The van der Waals surface area contributed by atoms with E-state index >= 15 is 0 Å². The Balaban J connectivity index is 0.00000145. The third-order valence-corrected chi connectivity index (χ3v) is 4.96. The zero-order chi connectivity index (χ0) is 21.2. The molecule has 0 aliphatic rings. The molecule has 1 aromatic heterocycles. The summed E-state index contributed by atoms with van der Waals surface area (Å²) in [6, 6.07) is 18.0. The van der Waals surface area contributed by atoms with Gasteiger partial charge in [0.15, 0.2) is 5.15 Å². The van der Waals surface area contributed by atoms with E-state index in [2.05, 4.69) is 18.0 Å². The molecule has 5 heteroatoms. The number of aromatic nitrogens is 2. The molecule has 0 aliphatic carbocycles. The van der Waals surface area contributed by atoms with Crippen molar-refractivity contribution >= 4 is 11.6 Å². The summed E-state index contributed by atoms with van der Waals surface area (Å²) < 4.78 is 2.01. The van der Waals surface area contributed by atoms with Crippen LogP contribution in [0.2, 0.25) is 5.15 Å². The maximum atomic E-state index is 9.69. The highest BCUT2D eigenvalue weighted by Crippen LogP contribution is 2.25. The first-order chi connectivity index (χ1) is 14.2. The molecule has 0 saturated carbocycles. The molecule has 0 saturated heterocycles. The van der Waals surface area contributed by atoms with Crippen molar-refractivity contribution in [1.29, 1.82) is 5.26 Å². The van der Waals surface area contributed by atoms with Gasteiger partial charge < -0.3 is 9.67 Å². The maximum absolute atomic E-state index is 9.69. The Morgan fingerprint density at radius 3 is 2.41 bits per heavy atom. The van der Waals surface area contributed by atoms with Crippen molar-refractivity contribution < 1.29 is 5.11 Å². The molecular formula is C24H28ClN3O. The molecule has 0 aliphatic heterocycles. The number of rotatable bonds is 7. The average Bonchev–Trinajstić information content (AvgIpc) is 3.08. The number of hydrogen-bond donors (Lipinski definition) is 1. The fourth-order valence-electron chi connectivity index (χ4n) is 3.17. The highest BCUT2D eigenvalue weighted by atomic mass is 35.5. The maximum Gasteiger partial charge on any atom is 0.152 e. The summed E-state index contributed by atoms with van der Waals surface area (Å²) in [4.78, 5) is 4.44. The van der Waals surface area contributed by atoms with Crippen molar-refractivity contribution in [3.63, 3.8) is 0 Å². The van der Waals surface area contributed by atoms with Crippen LogP contribution in [0, 0.1) is 11.3 Å². The molecule has 1 heterocycles. The van der Waals surface area contributed by atoms with Gasteiger partial charge in [-0.25, -0.2) is 4.98 Å². The third kappa shape index (κ3) is 5.47. The molecule has 0 radical (unpaired) electrons. The number of aryl methyl sites for hydroxylation is 1. The smallest absolute Gasteiger partial charge is 0.152 e. The zero-order valence-corrected chi connectivity index (χ0v) is 18.1. The van der Waals surface area contributed by atoms with Crippen LogP contribution in [0.3, 0.4) is 0 Å². The summed E-state index contributed by atoms with van der Waals surface area (Å²) >= 11 is 6.21. The Bertz CT molecular complexity index is 955. The predicted molar refractivity (Wildman–Crippen MR) is 119 cm³/mol. The van der Waals surface area contributed by atoms with E-state index in [0.717, 1.165) is 41.8 Å². The van der Waals surface area contributed by atoms with E-state index < -0.39 is 0 Å². The van der Waals surface area contributed by atoms with Gasteiger partial charge in [-0.1, -0.05) is 81.3 Å². The number of unbranched alkanes of at least 4 members (excludes halogenated alkanes) is 1. The Kier molecular flexibility index (Phi) is 8.92. The molecule has 0 bridgehead atoms. The van der Waals surface area contributed by atoms with Crippen LogP contribution >= 0.6 is 11.6 Å². The topological polar surface area (TPSA) is 61.8 Å². The van der Waals surface area contributed by atoms with Gasteiger partial charge in [0.2, 0.25) is 0 Å². The molecule has 29 heavy (non-hydrogen) atoms. The van der Waals surface area contributed by atoms with Crippen molar-refractivity contribution in [2.45, 2.75) is 53.2 Å². The third-order valence-electron chi connectivity index (χ3n) is 4.66. The lowest BCUT2D eigenvalue weighted by atomic mass is 9.99. The second-order valence-electron chi connectivity index (χ2n) is 6.47. The number of benzene rings is 2. The minimum Gasteiger partial charge on any atom is -0.390 e. The van der Waals surface area contributed by atoms with Gasteiger partial charge in [-0.3, -0.25) is 0 Å². The molecule has 1 N–H and O–H groups in total. The Labute approximate surface area is 178 Å². The number of aliphatic hydroxyl groups excluding tert-OH is 1. The van der Waals surface area contributed by atoms with E-state index in [4.69, 9.17) is 11.6 Å². The first-order valence-electron chi connectivity index (χ1n) is 10.1. The predicted octanol–water partition coefficient (Wildman–Crippen LogP) is 5.98. The van der Waals surface area contributed by atoms with Crippen LogP contribution in [0.1, 0.15) is 56.3 Å². The van der Waals surface area contributed by atoms with Gasteiger partial charge in [0, 0.05) is 13.0 Å². The van der Waals surface area contributed by atoms with Crippen molar-refractivity contribution in [2.24, 2.45) is 0 Å². The van der Waals surface area contributed by atoms with Gasteiger partial charge >= 0.3 is 0 Å². The Morgan fingerprint density at radius 2 is 1.79 bits per heavy atom. The normalized spacial score (nSPS) is 10.2. The van der Waals surface area contributed by atoms with Crippen LogP contribution in [-0.4, -0.2) is 14.7 Å². The van der Waals surface area contributed by atoms with E-state index in [-0.39, 0.29) is 6.61 Å². The number of imidazole rings is 1. The standard InChI is InChI=1S/C22H22ClN3O.C2H6/c1-2-3-8-21-25-22(23)20(15-27)26(21)14-16-9-11-17(12-10-16)19-7-5-4-6-18(19)13-24;1-2/h4-7,9-12,27H,2-3,8,14-15H2,1H3;1-2H3. The number of aliphatic hydroxyl groups is 1. The molecule has 0 unspecified atom stereocenters. The molecule has 0 atom stereocenters. The lowest BCUT2D eigenvalue weighted by Crippen LogP contribution is -2.09. The molecule has 3 aromatic rings. The molecule has 0 amide bonds. The number of nitrogens with zero attached hydrogens (tertiary/aromatic N) is 3. The zero-order valence-electron chi connectivity index (χ0n) is 17.3. The summed E-state index contributed by atoms with van der Waals surface area (Å²) in [6.45, 7) is 6.61. The summed E-state index contributed by atoms with van der Waals surface area (Å²) in [7, 11) is 0. The van der Waals surface area contributed by atoms with E-state index in [1.165, 1.54) is 0 Å². The largest absolute Gasteiger partial charge is 0.390 e. The minimum absolute atomic E-state index is 0.133. The molecule has 0 spiro atoms. The molecular weight excluding hydrogens is 382 g/mol. The lowest BCUT2D eigenvalue weighted by Gasteiger charge is -2.12. The number of halogens is 1. The fourth-order valence-corrected chi connectivity index (χ4v) is 3.43. The van der Waals surface area contributed by atoms with Crippen LogP contribution in [0.15, 0.2) is 48.5 Å². The Morgan fingerprint density at radius 1 is 1.10 bits per heavy atom. The van der Waals surface area contributed by atoms with Crippen molar-refractivity contribution in [1.82, 2.24) is 9.55 Å². The molecule has 152 valence electrons. The number of hydrogen-bond acceptors (Lipinski definition) is 3. The van der Waals surface area contributed by atoms with E-state index in [9.17, 15) is 10.4 Å². The molecule has 2 aromatic carbocycles. The van der Waals surface area contributed by atoms with Gasteiger partial charge in [0.1, 0.15) is 5.82 Å². The first kappa shape index (κ1) is 22.7. The minimum atomic E-state index is -0.133. The molecule has 4 nitrogen and oxygen atoms in total. The highest BCUT2D eigenvalue weighted by molar-refractivity contribution is 6.30. The van der Waals surface area contributed by atoms with Crippen LogP contribution < -0.4 is 0 Å². The van der Waals surface area contributed by atoms with E-state index in [0.29, 0.717) is 23.0 Å². The van der Waals surface area contributed by atoms with Gasteiger partial charge in [-0.05, 0) is 29.2 Å². The second kappa shape index (κ2) is 11.4. The fraction of sp³-hybridized carbons (Fsp3) is 0.333. The van der Waals surface area contributed by atoms with Gasteiger partial charge in [0.05, 0.1) is 23.9 Å². The highest BCUT2D eigenvalue weighted by Gasteiger charge is 2.15. The summed E-state index contributed by atoms with van der Waals surface area (Å²) in [5.74, 6) is 0.907. The van der Waals surface area contributed by atoms with E-state index in [1.54, 1.807) is 0 Å². The van der Waals surface area contributed by atoms with E-state index in [1.807, 2.05) is 66.9 Å². The van der Waals surface area contributed by atoms with Gasteiger partial charge in [0.25, 0.3) is 0 Å². The Hall–Kier alpha value is -2.61. The lowest BCUT2D eigenvalue weighted by molar-refractivity contribution is 0.271. The first-order valence-corrected chi connectivity index (χ1v) is 10.5. The summed E-state index contributed by atoms with van der Waals surface area (Å²) in [5.41, 5.74) is 4.34. The summed E-state index contributed by atoms with van der Waals surface area (Å²) in [5, 5.41) is 19.4. The monoisotopic (exact) mass is 409 g/mol. The molecule has 0 fully saturated rings. The van der Waals surface area contributed by atoms with Crippen LogP contribution in [0.25, 0.3) is 11.1 Å². The number of nitriles is 1. The van der Waals surface area contributed by atoms with Crippen molar-refractivity contribution in [3.8, 4) is 17.2 Å². The van der Waals surface area contributed by atoms with Crippen LogP contribution in [0.5, 0.6) is 0 Å². The quantitative estimate of drug-likeness (QED) is 0.521. The SMILES string of the molecule is CC.CCCCc1nc(Cl)c(CO)n1Cc1ccc(-c2ccccc2C#N)cc1. The van der Waals surface area contributed by atoms with Crippen LogP contribution in [-0.2, 0) is 19.6 Å². The average molecular weight is 410 g/mol. The van der Waals surface area contributed by atoms with Crippen molar-refractivity contribution in [2.75, 3.05) is 0 Å².